The van der Waals surface area contributed by atoms with Gasteiger partial charge in [-0.25, -0.2) is 4.98 Å². The fraction of sp³-hybridized carbons (Fsp3) is 0.417. The van der Waals surface area contributed by atoms with Crippen LogP contribution >= 0.6 is 23.1 Å². The fourth-order valence-corrected chi connectivity index (χ4v) is 6.22. The van der Waals surface area contributed by atoms with Crippen LogP contribution in [0.25, 0.3) is 10.2 Å². The predicted molar refractivity (Wildman–Crippen MR) is 136 cm³/mol. The van der Waals surface area contributed by atoms with Crippen molar-refractivity contribution in [2.45, 2.75) is 64.1 Å². The van der Waals surface area contributed by atoms with Crippen LogP contribution in [0, 0.1) is 0 Å². The van der Waals surface area contributed by atoms with Gasteiger partial charge in [-0.2, -0.15) is 0 Å². The lowest BCUT2D eigenvalue weighted by atomic mass is 10.2. The number of amides is 2. The molecule has 2 amide bonds. The van der Waals surface area contributed by atoms with Crippen LogP contribution in [-0.2, 0) is 29.0 Å². The summed E-state index contributed by atoms with van der Waals surface area (Å²) in [7, 11) is 0. The average molecular weight is 485 g/mol. The van der Waals surface area contributed by atoms with Crippen LogP contribution in [0.4, 0.5) is 11.4 Å². The Bertz CT molecular complexity index is 1250. The molecule has 2 N–H and O–H groups in total. The zero-order chi connectivity index (χ0) is 23.4. The Hall–Kier alpha value is -2.65. The van der Waals surface area contributed by atoms with E-state index < -0.39 is 0 Å². The number of aryl methyl sites for hydroxylation is 2. The number of nitrogens with zero attached hydrogens (tertiary/aromatic N) is 2. The highest BCUT2D eigenvalue weighted by Crippen LogP contribution is 2.35. The SMILES string of the molecule is CCCCCn1c(SCC(=O)Nc2cccc(NC(C)=O)c2)nc2sc3c(c2c1=O)CCC3. The largest absolute Gasteiger partial charge is 0.326 e. The number of hydrogen-bond donors (Lipinski definition) is 2. The third-order valence-corrected chi connectivity index (χ3v) is 7.74. The first-order valence-electron chi connectivity index (χ1n) is 11.3. The van der Waals surface area contributed by atoms with E-state index in [1.807, 2.05) is 0 Å². The number of nitrogens with one attached hydrogen (secondary N) is 2. The lowest BCUT2D eigenvalue weighted by Crippen LogP contribution is -2.24. The van der Waals surface area contributed by atoms with E-state index in [0.29, 0.717) is 23.1 Å². The van der Waals surface area contributed by atoms with Gasteiger partial charge in [0.1, 0.15) is 4.83 Å². The van der Waals surface area contributed by atoms with Gasteiger partial charge in [-0.3, -0.25) is 19.0 Å². The molecule has 7 nitrogen and oxygen atoms in total. The van der Waals surface area contributed by atoms with E-state index >= 15 is 0 Å². The molecule has 0 aliphatic heterocycles. The van der Waals surface area contributed by atoms with E-state index in [1.54, 1.807) is 40.2 Å². The summed E-state index contributed by atoms with van der Waals surface area (Å²) in [4.78, 5) is 44.2. The van der Waals surface area contributed by atoms with Crippen LogP contribution in [0.5, 0.6) is 0 Å². The Morgan fingerprint density at radius 1 is 1.18 bits per heavy atom. The number of rotatable bonds is 9. The molecule has 0 unspecified atom stereocenters. The highest BCUT2D eigenvalue weighted by molar-refractivity contribution is 7.99. The number of thiophene rings is 1. The maximum Gasteiger partial charge on any atom is 0.263 e. The smallest absolute Gasteiger partial charge is 0.263 e. The molecule has 3 aromatic rings. The van der Waals surface area contributed by atoms with E-state index in [-0.39, 0.29) is 23.1 Å². The zero-order valence-corrected chi connectivity index (χ0v) is 20.5. The topological polar surface area (TPSA) is 93.1 Å². The number of benzene rings is 1. The standard InChI is InChI=1S/C24H28N4O3S2/c1-3-4-5-12-28-23(31)21-18-10-7-11-19(18)33-22(21)27-24(28)32-14-20(30)26-17-9-6-8-16(13-17)25-15(2)29/h6,8-9,13H,3-5,7,10-12,14H2,1-2H3,(H,25,29)(H,26,30). The van der Waals surface area contributed by atoms with Gasteiger partial charge in [0.15, 0.2) is 5.16 Å². The summed E-state index contributed by atoms with van der Waals surface area (Å²) in [5, 5.41) is 6.95. The van der Waals surface area contributed by atoms with Crippen molar-refractivity contribution in [1.82, 2.24) is 9.55 Å². The molecule has 4 rings (SSSR count). The summed E-state index contributed by atoms with van der Waals surface area (Å²) in [5.41, 5.74) is 2.44. The molecule has 0 saturated heterocycles. The van der Waals surface area contributed by atoms with Crippen LogP contribution < -0.4 is 16.2 Å². The number of anilines is 2. The van der Waals surface area contributed by atoms with Crippen molar-refractivity contribution in [3.63, 3.8) is 0 Å². The highest BCUT2D eigenvalue weighted by Gasteiger charge is 2.23. The van der Waals surface area contributed by atoms with Crippen LogP contribution in [0.15, 0.2) is 34.2 Å². The van der Waals surface area contributed by atoms with Crippen molar-refractivity contribution >= 4 is 56.5 Å². The van der Waals surface area contributed by atoms with Crippen molar-refractivity contribution in [3.05, 3.63) is 45.1 Å². The molecule has 33 heavy (non-hydrogen) atoms. The summed E-state index contributed by atoms with van der Waals surface area (Å²) in [6, 6.07) is 7.01. The van der Waals surface area contributed by atoms with Crippen molar-refractivity contribution < 1.29 is 9.59 Å². The molecule has 174 valence electrons. The highest BCUT2D eigenvalue weighted by atomic mass is 32.2. The monoisotopic (exact) mass is 484 g/mol. The van der Waals surface area contributed by atoms with E-state index in [1.165, 1.54) is 29.1 Å². The summed E-state index contributed by atoms with van der Waals surface area (Å²) in [6.45, 7) is 4.19. The number of thioether (sulfide) groups is 1. The molecule has 1 aromatic carbocycles. The molecule has 0 saturated carbocycles. The Morgan fingerprint density at radius 3 is 2.73 bits per heavy atom. The molecule has 2 aromatic heterocycles. The summed E-state index contributed by atoms with van der Waals surface area (Å²) in [5.74, 6) is -0.222. The summed E-state index contributed by atoms with van der Waals surface area (Å²) >= 11 is 2.92. The molecule has 0 bridgehead atoms. The first-order chi connectivity index (χ1) is 16.0. The number of hydrogen-bond acceptors (Lipinski definition) is 6. The fourth-order valence-electron chi connectivity index (χ4n) is 4.09. The number of carbonyl (C=O) groups excluding carboxylic acids is 2. The van der Waals surface area contributed by atoms with Crippen LogP contribution in [0.1, 0.15) is 50.0 Å². The van der Waals surface area contributed by atoms with E-state index in [2.05, 4.69) is 17.6 Å². The van der Waals surface area contributed by atoms with E-state index in [4.69, 9.17) is 4.98 Å². The number of aromatic nitrogens is 2. The van der Waals surface area contributed by atoms with Gasteiger partial charge >= 0.3 is 0 Å². The molecule has 0 spiro atoms. The number of carbonyl (C=O) groups is 2. The maximum absolute atomic E-state index is 13.4. The molecule has 1 aliphatic carbocycles. The predicted octanol–water partition coefficient (Wildman–Crippen LogP) is 4.83. The van der Waals surface area contributed by atoms with Gasteiger partial charge in [-0.1, -0.05) is 37.6 Å². The van der Waals surface area contributed by atoms with Gasteiger partial charge in [0, 0.05) is 29.7 Å². The minimum Gasteiger partial charge on any atom is -0.326 e. The molecule has 2 heterocycles. The minimum absolute atomic E-state index is 0.0291. The Kier molecular flexibility index (Phi) is 7.49. The molecular weight excluding hydrogens is 456 g/mol. The first kappa shape index (κ1) is 23.5. The van der Waals surface area contributed by atoms with Gasteiger partial charge in [-0.05, 0) is 49.4 Å². The molecular formula is C24H28N4O3S2. The molecule has 0 fully saturated rings. The van der Waals surface area contributed by atoms with Gasteiger partial charge in [-0.15, -0.1) is 11.3 Å². The van der Waals surface area contributed by atoms with Crippen molar-refractivity contribution in [1.29, 1.82) is 0 Å². The minimum atomic E-state index is -0.192. The van der Waals surface area contributed by atoms with Crippen LogP contribution in [-0.4, -0.2) is 27.1 Å². The number of fused-ring (bicyclic) bond motifs is 3. The third kappa shape index (κ3) is 5.47. The lowest BCUT2D eigenvalue weighted by Gasteiger charge is -2.12. The second-order valence-electron chi connectivity index (χ2n) is 8.19. The maximum atomic E-state index is 13.4. The van der Waals surface area contributed by atoms with E-state index in [9.17, 15) is 14.4 Å². The molecule has 9 heteroatoms. The molecule has 0 radical (unpaired) electrons. The Balaban J connectivity index is 1.52. The van der Waals surface area contributed by atoms with Gasteiger partial charge in [0.2, 0.25) is 11.8 Å². The summed E-state index contributed by atoms with van der Waals surface area (Å²) < 4.78 is 1.76. The van der Waals surface area contributed by atoms with Crippen LogP contribution in [0.2, 0.25) is 0 Å². The lowest BCUT2D eigenvalue weighted by molar-refractivity contribution is -0.114. The zero-order valence-electron chi connectivity index (χ0n) is 18.9. The summed E-state index contributed by atoms with van der Waals surface area (Å²) in [6.07, 6.45) is 6.10. The van der Waals surface area contributed by atoms with Crippen LogP contribution in [0.3, 0.4) is 0 Å². The Labute approximate surface area is 201 Å². The van der Waals surface area contributed by atoms with Gasteiger partial charge in [0.25, 0.3) is 5.56 Å². The molecule has 1 aliphatic rings. The Morgan fingerprint density at radius 2 is 1.97 bits per heavy atom. The third-order valence-electron chi connectivity index (χ3n) is 5.57. The van der Waals surface area contributed by atoms with Gasteiger partial charge in [0.05, 0.1) is 11.1 Å². The number of unbranched alkanes of at least 4 members (excludes halogenated alkanes) is 2. The normalized spacial score (nSPS) is 12.7. The van der Waals surface area contributed by atoms with Crippen molar-refractivity contribution in [3.8, 4) is 0 Å². The first-order valence-corrected chi connectivity index (χ1v) is 13.1. The van der Waals surface area contributed by atoms with Gasteiger partial charge < -0.3 is 10.6 Å². The van der Waals surface area contributed by atoms with E-state index in [0.717, 1.165) is 48.7 Å². The van der Waals surface area contributed by atoms with Crippen molar-refractivity contribution in [2.75, 3.05) is 16.4 Å². The average Bonchev–Trinajstić information content (AvgIpc) is 3.35. The van der Waals surface area contributed by atoms with Crippen molar-refractivity contribution in [2.24, 2.45) is 0 Å². The quantitative estimate of drug-likeness (QED) is 0.258. The molecule has 0 atom stereocenters. The second-order valence-corrected chi connectivity index (χ2v) is 10.2. The second kappa shape index (κ2) is 10.5.